The second-order valence-electron chi connectivity index (χ2n) is 6.70. The van der Waals surface area contributed by atoms with Gasteiger partial charge in [0.25, 0.3) is 0 Å². The molecule has 0 saturated heterocycles. The molecule has 2 aliphatic rings. The summed E-state index contributed by atoms with van der Waals surface area (Å²) in [6.07, 6.45) is 5.65. The number of hydrogen-bond acceptors (Lipinski definition) is 3. The van der Waals surface area contributed by atoms with Gasteiger partial charge in [0, 0.05) is 25.7 Å². The van der Waals surface area contributed by atoms with E-state index in [2.05, 4.69) is 66.8 Å². The third kappa shape index (κ3) is 2.27. The van der Waals surface area contributed by atoms with Gasteiger partial charge in [-0.25, -0.2) is 0 Å². The minimum Gasteiger partial charge on any atom is -0.506 e. The van der Waals surface area contributed by atoms with Gasteiger partial charge in [0.1, 0.15) is 5.75 Å². The van der Waals surface area contributed by atoms with Gasteiger partial charge in [-0.05, 0) is 41.7 Å². The summed E-state index contributed by atoms with van der Waals surface area (Å²) >= 11 is 0. The van der Waals surface area contributed by atoms with Crippen LogP contribution in [-0.2, 0) is 0 Å². The third-order valence-corrected chi connectivity index (χ3v) is 5.14. The topological polar surface area (TPSA) is 35.5 Å². The number of allylic oxidation sites excluding steroid dienone is 2. The van der Waals surface area contributed by atoms with Gasteiger partial charge in [0.05, 0.1) is 11.7 Å². The summed E-state index contributed by atoms with van der Waals surface area (Å²) in [5.41, 5.74) is 4.59. The molecule has 0 amide bonds. The molecule has 2 N–H and O–H groups in total. The monoisotopic (exact) mass is 306 g/mol. The van der Waals surface area contributed by atoms with E-state index in [1.807, 2.05) is 6.07 Å². The van der Waals surface area contributed by atoms with Gasteiger partial charge in [0.15, 0.2) is 0 Å². The highest BCUT2D eigenvalue weighted by Gasteiger charge is 2.38. The van der Waals surface area contributed by atoms with Gasteiger partial charge in [-0.1, -0.05) is 36.4 Å². The van der Waals surface area contributed by atoms with Gasteiger partial charge in [-0.3, -0.25) is 0 Å². The van der Waals surface area contributed by atoms with Crippen molar-refractivity contribution in [1.29, 1.82) is 0 Å². The number of rotatable bonds is 2. The standard InChI is InChI=1S/C20H22N2O/c1-22(2)14-11-9-13(10-12-14)19-16-6-3-5-15(16)17-7-4-8-18(23)20(17)21-19/h3-5,7-12,15-16,19,21,23H,6H2,1-2H3. The number of hydrogen-bond donors (Lipinski definition) is 2. The zero-order chi connectivity index (χ0) is 16.0. The average molecular weight is 306 g/mol. The molecular formula is C20H22N2O. The van der Waals surface area contributed by atoms with Gasteiger partial charge in [-0.15, -0.1) is 0 Å². The van der Waals surface area contributed by atoms with Crippen LogP contribution in [0.2, 0.25) is 0 Å². The number of aromatic hydroxyl groups is 1. The minimum absolute atomic E-state index is 0.229. The molecule has 1 aliphatic heterocycles. The summed E-state index contributed by atoms with van der Waals surface area (Å²) in [6.45, 7) is 0. The molecule has 118 valence electrons. The lowest BCUT2D eigenvalue weighted by Gasteiger charge is -2.37. The molecule has 23 heavy (non-hydrogen) atoms. The molecule has 3 unspecified atom stereocenters. The Morgan fingerprint density at radius 1 is 1.09 bits per heavy atom. The quantitative estimate of drug-likeness (QED) is 0.642. The van der Waals surface area contributed by atoms with E-state index in [9.17, 15) is 5.11 Å². The van der Waals surface area contributed by atoms with Crippen molar-refractivity contribution >= 4 is 11.4 Å². The Balaban J connectivity index is 1.74. The number of benzene rings is 2. The molecule has 0 spiro atoms. The molecule has 0 saturated carbocycles. The van der Waals surface area contributed by atoms with Crippen LogP contribution in [0.5, 0.6) is 5.75 Å². The van der Waals surface area contributed by atoms with Crippen LogP contribution in [0.25, 0.3) is 0 Å². The smallest absolute Gasteiger partial charge is 0.138 e. The van der Waals surface area contributed by atoms with E-state index in [-0.39, 0.29) is 6.04 Å². The Morgan fingerprint density at radius 3 is 2.61 bits per heavy atom. The van der Waals surface area contributed by atoms with Crippen LogP contribution in [0.4, 0.5) is 11.4 Å². The molecule has 0 aromatic heterocycles. The molecule has 1 aliphatic carbocycles. The Labute approximate surface area is 137 Å². The highest BCUT2D eigenvalue weighted by molar-refractivity contribution is 5.67. The maximum Gasteiger partial charge on any atom is 0.138 e. The lowest BCUT2D eigenvalue weighted by molar-refractivity contribution is 0.415. The second-order valence-corrected chi connectivity index (χ2v) is 6.70. The van der Waals surface area contributed by atoms with Crippen LogP contribution in [0.3, 0.4) is 0 Å². The molecule has 1 heterocycles. The Hall–Kier alpha value is -2.42. The molecule has 3 atom stereocenters. The van der Waals surface area contributed by atoms with Crippen LogP contribution in [0.1, 0.15) is 29.5 Å². The fourth-order valence-corrected chi connectivity index (χ4v) is 3.91. The van der Waals surface area contributed by atoms with Crippen molar-refractivity contribution in [2.24, 2.45) is 5.92 Å². The summed E-state index contributed by atoms with van der Waals surface area (Å²) in [4.78, 5) is 2.11. The van der Waals surface area contributed by atoms with E-state index >= 15 is 0 Å². The fourth-order valence-electron chi connectivity index (χ4n) is 3.91. The van der Waals surface area contributed by atoms with E-state index in [1.54, 1.807) is 6.07 Å². The lowest BCUT2D eigenvalue weighted by Crippen LogP contribution is -2.29. The lowest BCUT2D eigenvalue weighted by atomic mass is 9.77. The largest absolute Gasteiger partial charge is 0.506 e. The Kier molecular flexibility index (Phi) is 3.29. The van der Waals surface area contributed by atoms with Crippen molar-refractivity contribution < 1.29 is 5.11 Å². The number of phenols is 1. The van der Waals surface area contributed by atoms with Crippen LogP contribution in [0.15, 0.2) is 54.6 Å². The summed E-state index contributed by atoms with van der Waals surface area (Å²) in [7, 11) is 4.11. The summed E-state index contributed by atoms with van der Waals surface area (Å²) in [6, 6.07) is 14.8. The number of anilines is 2. The molecule has 3 heteroatoms. The normalized spacial score (nSPS) is 24.7. The molecule has 3 nitrogen and oxygen atoms in total. The molecule has 2 aromatic rings. The van der Waals surface area contributed by atoms with Crippen molar-refractivity contribution in [2.75, 3.05) is 24.3 Å². The van der Waals surface area contributed by atoms with Crippen molar-refractivity contribution in [3.05, 3.63) is 65.7 Å². The summed E-state index contributed by atoms with van der Waals surface area (Å²) < 4.78 is 0. The van der Waals surface area contributed by atoms with Gasteiger partial charge >= 0.3 is 0 Å². The van der Waals surface area contributed by atoms with E-state index in [1.165, 1.54) is 16.8 Å². The molecule has 2 aromatic carbocycles. The first-order chi connectivity index (χ1) is 11.1. The first kappa shape index (κ1) is 14.2. The minimum atomic E-state index is 0.229. The zero-order valence-corrected chi connectivity index (χ0v) is 13.5. The first-order valence-corrected chi connectivity index (χ1v) is 8.17. The Morgan fingerprint density at radius 2 is 1.87 bits per heavy atom. The average Bonchev–Trinajstić information content (AvgIpc) is 3.04. The van der Waals surface area contributed by atoms with Crippen LogP contribution < -0.4 is 10.2 Å². The predicted molar refractivity (Wildman–Crippen MR) is 95.2 cm³/mol. The summed E-state index contributed by atoms with van der Waals surface area (Å²) in [5, 5.41) is 13.9. The SMILES string of the molecule is CN(C)c1ccc(C2Nc3c(O)cccc3C3C=CCC32)cc1. The molecule has 0 fully saturated rings. The fraction of sp³-hybridized carbons (Fsp3) is 0.300. The number of para-hydroxylation sites is 1. The predicted octanol–water partition coefficient (Wildman–Crippen LogP) is 4.28. The third-order valence-electron chi connectivity index (χ3n) is 5.14. The number of nitrogens with zero attached hydrogens (tertiary/aromatic N) is 1. The number of phenolic OH excluding ortho intramolecular Hbond substituents is 1. The van der Waals surface area contributed by atoms with E-state index < -0.39 is 0 Å². The van der Waals surface area contributed by atoms with Crippen LogP contribution >= 0.6 is 0 Å². The summed E-state index contributed by atoms with van der Waals surface area (Å²) in [5.74, 6) is 1.24. The number of nitrogens with one attached hydrogen (secondary N) is 1. The van der Waals surface area contributed by atoms with E-state index in [4.69, 9.17) is 0 Å². The number of fused-ring (bicyclic) bond motifs is 3. The molecule has 4 rings (SSSR count). The first-order valence-electron chi connectivity index (χ1n) is 8.17. The maximum atomic E-state index is 10.3. The zero-order valence-electron chi connectivity index (χ0n) is 13.5. The molecular weight excluding hydrogens is 284 g/mol. The van der Waals surface area contributed by atoms with Gasteiger partial charge < -0.3 is 15.3 Å². The van der Waals surface area contributed by atoms with Crippen LogP contribution in [0, 0.1) is 5.92 Å². The van der Waals surface area contributed by atoms with Gasteiger partial charge in [0.2, 0.25) is 0 Å². The van der Waals surface area contributed by atoms with Crippen molar-refractivity contribution in [3.8, 4) is 5.75 Å². The molecule has 0 bridgehead atoms. The molecule has 0 radical (unpaired) electrons. The van der Waals surface area contributed by atoms with Gasteiger partial charge in [-0.2, -0.15) is 0 Å². The Bertz CT molecular complexity index is 749. The van der Waals surface area contributed by atoms with Crippen molar-refractivity contribution in [3.63, 3.8) is 0 Å². The highest BCUT2D eigenvalue weighted by Crippen LogP contribution is 2.51. The van der Waals surface area contributed by atoms with Crippen molar-refractivity contribution in [2.45, 2.75) is 18.4 Å². The second kappa shape index (κ2) is 5.34. The van der Waals surface area contributed by atoms with E-state index in [0.29, 0.717) is 17.6 Å². The maximum absolute atomic E-state index is 10.3. The van der Waals surface area contributed by atoms with Crippen LogP contribution in [-0.4, -0.2) is 19.2 Å². The van der Waals surface area contributed by atoms with Crippen molar-refractivity contribution in [1.82, 2.24) is 0 Å². The van der Waals surface area contributed by atoms with E-state index in [0.717, 1.165) is 12.1 Å². The highest BCUT2D eigenvalue weighted by atomic mass is 16.3.